The van der Waals surface area contributed by atoms with E-state index in [9.17, 15) is 0 Å². The molecule has 0 unspecified atom stereocenters. The molecule has 0 bridgehead atoms. The first-order chi connectivity index (χ1) is 13.8. The van der Waals surface area contributed by atoms with Crippen LogP contribution in [-0.2, 0) is 12.8 Å². The summed E-state index contributed by atoms with van der Waals surface area (Å²) in [5.41, 5.74) is 5.22. The second-order valence-electron chi connectivity index (χ2n) is 8.07. The van der Waals surface area contributed by atoms with Crippen molar-refractivity contribution in [1.29, 1.82) is 0 Å². The summed E-state index contributed by atoms with van der Waals surface area (Å²) < 4.78 is 1.95. The van der Waals surface area contributed by atoms with E-state index in [2.05, 4.69) is 52.4 Å². The molecule has 0 saturated heterocycles. The van der Waals surface area contributed by atoms with Gasteiger partial charge < -0.3 is 0 Å². The number of nitrogens with zero attached hydrogens (tertiary/aromatic N) is 5. The number of rotatable bonds is 4. The van der Waals surface area contributed by atoms with E-state index in [0.717, 1.165) is 40.9 Å². The molecule has 28 heavy (non-hydrogen) atoms. The van der Waals surface area contributed by atoms with E-state index < -0.39 is 0 Å². The molecular formula is C23H25N5. The van der Waals surface area contributed by atoms with Crippen LogP contribution >= 0.6 is 0 Å². The van der Waals surface area contributed by atoms with E-state index in [-0.39, 0.29) is 0 Å². The number of fused-ring (bicyclic) bond motifs is 3. The molecule has 1 saturated carbocycles. The van der Waals surface area contributed by atoms with Crippen LogP contribution in [0.15, 0.2) is 42.6 Å². The van der Waals surface area contributed by atoms with Crippen molar-refractivity contribution in [2.45, 2.75) is 51.9 Å². The van der Waals surface area contributed by atoms with Crippen molar-refractivity contribution in [3.8, 4) is 0 Å². The Hall–Kier alpha value is -2.82. The van der Waals surface area contributed by atoms with Crippen molar-refractivity contribution >= 4 is 16.6 Å². The number of aromatic nitrogens is 5. The average molecular weight is 371 g/mol. The Balaban J connectivity index is 1.59. The van der Waals surface area contributed by atoms with Crippen LogP contribution in [0.5, 0.6) is 0 Å². The van der Waals surface area contributed by atoms with Crippen LogP contribution in [0.1, 0.15) is 54.7 Å². The number of hydrogen-bond donors (Lipinski definition) is 0. The average Bonchev–Trinajstić information content (AvgIpc) is 3.13. The predicted octanol–water partition coefficient (Wildman–Crippen LogP) is 4.69. The minimum absolute atomic E-state index is 0.697. The van der Waals surface area contributed by atoms with Gasteiger partial charge in [0.05, 0.1) is 5.69 Å². The third-order valence-electron chi connectivity index (χ3n) is 5.94. The molecule has 1 fully saturated rings. The predicted molar refractivity (Wildman–Crippen MR) is 110 cm³/mol. The highest BCUT2D eigenvalue weighted by Gasteiger charge is 2.20. The normalized spacial score (nSPS) is 15.5. The molecule has 5 heteroatoms. The zero-order valence-corrected chi connectivity index (χ0v) is 16.3. The summed E-state index contributed by atoms with van der Waals surface area (Å²) in [7, 11) is 0. The summed E-state index contributed by atoms with van der Waals surface area (Å²) >= 11 is 0. The molecule has 1 aliphatic rings. The van der Waals surface area contributed by atoms with Gasteiger partial charge in [0.1, 0.15) is 5.52 Å². The maximum absolute atomic E-state index is 5.00. The van der Waals surface area contributed by atoms with Crippen molar-refractivity contribution in [1.82, 2.24) is 24.8 Å². The molecule has 5 nitrogen and oxygen atoms in total. The second kappa shape index (κ2) is 7.30. The van der Waals surface area contributed by atoms with Gasteiger partial charge in [-0.05, 0) is 30.5 Å². The first-order valence-corrected chi connectivity index (χ1v) is 10.3. The molecule has 0 spiro atoms. The summed E-state index contributed by atoms with van der Waals surface area (Å²) in [5, 5.41) is 15.0. The van der Waals surface area contributed by atoms with Gasteiger partial charge in [-0.25, -0.2) is 0 Å². The molecule has 3 heterocycles. The lowest BCUT2D eigenvalue weighted by atomic mass is 9.87. The molecule has 1 aromatic carbocycles. The van der Waals surface area contributed by atoms with Crippen molar-refractivity contribution in [2.24, 2.45) is 5.92 Å². The second-order valence-corrected chi connectivity index (χ2v) is 8.07. The summed E-state index contributed by atoms with van der Waals surface area (Å²) in [6.45, 7) is 2.11. The molecule has 0 amide bonds. The quantitative estimate of drug-likeness (QED) is 0.522. The number of benzene rings is 1. The van der Waals surface area contributed by atoms with Crippen molar-refractivity contribution < 1.29 is 0 Å². The molecule has 0 N–H and O–H groups in total. The smallest absolute Gasteiger partial charge is 0.204 e. The summed E-state index contributed by atoms with van der Waals surface area (Å²) in [4.78, 5) is 4.62. The van der Waals surface area contributed by atoms with Crippen molar-refractivity contribution in [3.63, 3.8) is 0 Å². The molecular weight excluding hydrogens is 346 g/mol. The maximum Gasteiger partial charge on any atom is 0.204 e. The fraction of sp³-hybridized carbons (Fsp3) is 0.391. The molecule has 3 aromatic heterocycles. The van der Waals surface area contributed by atoms with E-state index in [1.807, 2.05) is 16.8 Å². The van der Waals surface area contributed by atoms with Crippen LogP contribution < -0.4 is 0 Å². The van der Waals surface area contributed by atoms with E-state index in [4.69, 9.17) is 5.10 Å². The van der Waals surface area contributed by atoms with Crippen LogP contribution in [0, 0.1) is 12.8 Å². The van der Waals surface area contributed by atoms with Gasteiger partial charge in [0.15, 0.2) is 5.82 Å². The zero-order chi connectivity index (χ0) is 18.9. The molecule has 142 valence electrons. The van der Waals surface area contributed by atoms with E-state index in [1.54, 1.807) is 0 Å². The summed E-state index contributed by atoms with van der Waals surface area (Å²) in [6.07, 6.45) is 10.2. The van der Waals surface area contributed by atoms with E-state index in [1.165, 1.54) is 43.2 Å². The topological polar surface area (TPSA) is 56.0 Å². The number of pyridine rings is 1. The Morgan fingerprint density at radius 2 is 1.82 bits per heavy atom. The third-order valence-corrected chi connectivity index (χ3v) is 5.94. The first kappa shape index (κ1) is 17.3. The van der Waals surface area contributed by atoms with Gasteiger partial charge in [-0.3, -0.25) is 4.98 Å². The lowest BCUT2D eigenvalue weighted by Crippen LogP contribution is -2.13. The minimum atomic E-state index is 0.697. The fourth-order valence-corrected chi connectivity index (χ4v) is 4.36. The highest BCUT2D eigenvalue weighted by atomic mass is 15.4. The van der Waals surface area contributed by atoms with Crippen LogP contribution in [0.4, 0.5) is 0 Å². The highest BCUT2D eigenvalue weighted by molar-refractivity contribution is 5.91. The van der Waals surface area contributed by atoms with Crippen molar-refractivity contribution in [2.75, 3.05) is 0 Å². The van der Waals surface area contributed by atoms with Gasteiger partial charge in [-0.1, -0.05) is 61.9 Å². The van der Waals surface area contributed by atoms with E-state index in [0.29, 0.717) is 5.92 Å². The fourth-order valence-electron chi connectivity index (χ4n) is 4.36. The minimum Gasteiger partial charge on any atom is -0.252 e. The lowest BCUT2D eigenvalue weighted by Gasteiger charge is -2.20. The Morgan fingerprint density at radius 3 is 2.64 bits per heavy atom. The molecule has 1 aliphatic carbocycles. The Bertz CT molecular complexity index is 1110. The van der Waals surface area contributed by atoms with Gasteiger partial charge in [-0.2, -0.15) is 9.61 Å². The Morgan fingerprint density at radius 1 is 1.00 bits per heavy atom. The van der Waals surface area contributed by atoms with Crippen LogP contribution in [0.25, 0.3) is 16.6 Å². The largest absolute Gasteiger partial charge is 0.252 e. The Labute approximate surface area is 164 Å². The van der Waals surface area contributed by atoms with Crippen LogP contribution in [0.3, 0.4) is 0 Å². The van der Waals surface area contributed by atoms with Gasteiger partial charge in [0, 0.05) is 24.4 Å². The monoisotopic (exact) mass is 371 g/mol. The third kappa shape index (κ3) is 3.26. The number of hydrogen-bond acceptors (Lipinski definition) is 4. The molecule has 5 rings (SSSR count). The maximum atomic E-state index is 5.00. The molecule has 0 aliphatic heterocycles. The SMILES string of the molecule is Cc1ccc(Cc2nn3c(CC4CCCCC4)nnc3c3ncccc23)cc1. The number of aryl methyl sites for hydroxylation is 1. The van der Waals surface area contributed by atoms with Crippen molar-refractivity contribution in [3.05, 3.63) is 65.2 Å². The molecule has 0 atom stereocenters. The van der Waals surface area contributed by atoms with Gasteiger partial charge in [0.25, 0.3) is 0 Å². The van der Waals surface area contributed by atoms with Gasteiger partial charge in [-0.15, -0.1) is 10.2 Å². The summed E-state index contributed by atoms with van der Waals surface area (Å²) in [6, 6.07) is 12.7. The molecule has 0 radical (unpaired) electrons. The van der Waals surface area contributed by atoms with Crippen LogP contribution in [-0.4, -0.2) is 24.8 Å². The van der Waals surface area contributed by atoms with Crippen LogP contribution in [0.2, 0.25) is 0 Å². The lowest BCUT2D eigenvalue weighted by molar-refractivity contribution is 0.349. The highest BCUT2D eigenvalue weighted by Crippen LogP contribution is 2.27. The zero-order valence-electron chi connectivity index (χ0n) is 16.3. The first-order valence-electron chi connectivity index (χ1n) is 10.3. The Kier molecular flexibility index (Phi) is 4.51. The molecule has 4 aromatic rings. The summed E-state index contributed by atoms with van der Waals surface area (Å²) in [5.74, 6) is 1.67. The standard InChI is InChI=1S/C23H25N5/c1-16-9-11-18(12-10-16)14-20-19-8-5-13-24-22(19)23-26-25-21(28(23)27-20)15-17-6-3-2-4-7-17/h5,8-13,17H,2-4,6-7,14-15H2,1H3. The van der Waals surface area contributed by atoms with Gasteiger partial charge in [0.2, 0.25) is 5.65 Å². The van der Waals surface area contributed by atoms with E-state index >= 15 is 0 Å². The van der Waals surface area contributed by atoms with Gasteiger partial charge >= 0.3 is 0 Å².